The Balaban J connectivity index is 1.27. The van der Waals surface area contributed by atoms with Crippen LogP contribution >= 0.6 is 0 Å². The third kappa shape index (κ3) is 3.86. The molecule has 2 aromatic heterocycles. The van der Waals surface area contributed by atoms with E-state index >= 15 is 0 Å². The van der Waals surface area contributed by atoms with Crippen LogP contribution in [-0.2, 0) is 13.5 Å². The second kappa shape index (κ2) is 8.00. The van der Waals surface area contributed by atoms with E-state index in [9.17, 15) is 4.79 Å². The second-order valence-electron chi connectivity index (χ2n) is 7.68. The lowest BCUT2D eigenvalue weighted by molar-refractivity contribution is 0.0696. The number of nitrogens with zero attached hydrogens (tertiary/aromatic N) is 4. The number of fused-ring (bicyclic) bond motifs is 1. The average molecular weight is 378 g/mol. The molecule has 1 N–H and O–H groups in total. The van der Waals surface area contributed by atoms with Crippen LogP contribution in [0.2, 0.25) is 0 Å². The topological polar surface area (TPSA) is 71.2 Å². The van der Waals surface area contributed by atoms with E-state index < -0.39 is 5.97 Å². The zero-order valence-corrected chi connectivity index (χ0v) is 16.2. The summed E-state index contributed by atoms with van der Waals surface area (Å²) in [5.74, 6) is 0.389. The van der Waals surface area contributed by atoms with Crippen LogP contribution in [0.1, 0.15) is 41.6 Å². The van der Waals surface area contributed by atoms with Gasteiger partial charge in [0.25, 0.3) is 0 Å². The first-order valence-electron chi connectivity index (χ1n) is 9.95. The molecule has 4 rings (SSSR count). The first-order valence-corrected chi connectivity index (χ1v) is 9.95. The monoisotopic (exact) mass is 378 g/mol. The number of para-hydroxylation sites is 1. The first-order chi connectivity index (χ1) is 13.6. The second-order valence-corrected chi connectivity index (χ2v) is 7.68. The van der Waals surface area contributed by atoms with E-state index in [-0.39, 0.29) is 5.56 Å². The summed E-state index contributed by atoms with van der Waals surface area (Å²) >= 11 is 0. The zero-order chi connectivity index (χ0) is 19.5. The van der Waals surface area contributed by atoms with Gasteiger partial charge in [-0.2, -0.15) is 0 Å². The van der Waals surface area contributed by atoms with Crippen molar-refractivity contribution in [3.63, 3.8) is 0 Å². The van der Waals surface area contributed by atoms with Crippen LogP contribution in [0.25, 0.3) is 10.9 Å². The summed E-state index contributed by atoms with van der Waals surface area (Å²) in [7, 11) is 2.12. The SMILES string of the molecule is Cn1cc(CCCC2CCN(c3ncc(C(=O)O)cn3)CC2)c2ccccc21. The molecule has 0 amide bonds. The number of anilines is 1. The van der Waals surface area contributed by atoms with E-state index in [4.69, 9.17) is 5.11 Å². The lowest BCUT2D eigenvalue weighted by atomic mass is 9.91. The molecule has 0 bridgehead atoms. The lowest BCUT2D eigenvalue weighted by Crippen LogP contribution is -2.34. The highest BCUT2D eigenvalue weighted by atomic mass is 16.4. The Morgan fingerprint density at radius 2 is 1.89 bits per heavy atom. The molecule has 0 atom stereocenters. The number of piperidine rings is 1. The molecule has 6 heteroatoms. The Morgan fingerprint density at radius 1 is 1.18 bits per heavy atom. The van der Waals surface area contributed by atoms with Crippen LogP contribution < -0.4 is 4.90 Å². The Morgan fingerprint density at radius 3 is 2.61 bits per heavy atom. The number of benzene rings is 1. The van der Waals surface area contributed by atoms with Crippen LogP contribution in [0.3, 0.4) is 0 Å². The standard InChI is InChI=1S/C22H26N4O2/c1-25-15-17(19-7-2-3-8-20(19)25)6-4-5-16-9-11-26(12-10-16)22-23-13-18(14-24-22)21(27)28/h2-3,7-8,13-16H,4-6,9-12H2,1H3,(H,27,28). The molecule has 6 nitrogen and oxygen atoms in total. The fourth-order valence-corrected chi connectivity index (χ4v) is 4.22. The van der Waals surface area contributed by atoms with Gasteiger partial charge in [-0.25, -0.2) is 14.8 Å². The number of rotatable bonds is 6. The predicted octanol–water partition coefficient (Wildman–Crippen LogP) is 3.91. The van der Waals surface area contributed by atoms with Crippen molar-refractivity contribution in [1.82, 2.24) is 14.5 Å². The summed E-state index contributed by atoms with van der Waals surface area (Å²) in [6.07, 6.45) is 10.9. The summed E-state index contributed by atoms with van der Waals surface area (Å²) in [5.41, 5.74) is 2.88. The largest absolute Gasteiger partial charge is 0.478 e. The molecule has 0 spiro atoms. The van der Waals surface area contributed by atoms with Gasteiger partial charge in [-0.3, -0.25) is 0 Å². The van der Waals surface area contributed by atoms with Gasteiger partial charge in [-0.15, -0.1) is 0 Å². The molecule has 1 aromatic carbocycles. The maximum atomic E-state index is 10.9. The summed E-state index contributed by atoms with van der Waals surface area (Å²) < 4.78 is 2.22. The number of aryl methyl sites for hydroxylation is 2. The molecule has 0 radical (unpaired) electrons. The van der Waals surface area contributed by atoms with Crippen molar-refractivity contribution in [2.45, 2.75) is 32.1 Å². The van der Waals surface area contributed by atoms with E-state index in [1.54, 1.807) is 0 Å². The number of carboxylic acids is 1. The third-order valence-corrected chi connectivity index (χ3v) is 5.82. The number of aromatic carboxylic acids is 1. The van der Waals surface area contributed by atoms with Gasteiger partial charge in [-0.1, -0.05) is 18.2 Å². The van der Waals surface area contributed by atoms with Crippen molar-refractivity contribution >= 4 is 22.8 Å². The van der Waals surface area contributed by atoms with E-state index in [1.807, 2.05) is 0 Å². The van der Waals surface area contributed by atoms with E-state index in [1.165, 1.54) is 41.7 Å². The predicted molar refractivity (Wildman–Crippen MR) is 110 cm³/mol. The van der Waals surface area contributed by atoms with Crippen LogP contribution in [0.4, 0.5) is 5.95 Å². The molecule has 3 heterocycles. The Hall–Kier alpha value is -2.89. The van der Waals surface area contributed by atoms with Gasteiger partial charge < -0.3 is 14.6 Å². The van der Waals surface area contributed by atoms with E-state index in [2.05, 4.69) is 56.9 Å². The highest BCUT2D eigenvalue weighted by molar-refractivity contribution is 5.86. The van der Waals surface area contributed by atoms with Crippen molar-refractivity contribution < 1.29 is 9.90 Å². The van der Waals surface area contributed by atoms with Crippen LogP contribution in [-0.4, -0.2) is 38.7 Å². The quantitative estimate of drug-likeness (QED) is 0.704. The minimum atomic E-state index is -0.989. The third-order valence-electron chi connectivity index (χ3n) is 5.82. The maximum absolute atomic E-state index is 10.9. The van der Waals surface area contributed by atoms with Gasteiger partial charge in [-0.05, 0) is 49.7 Å². The Bertz CT molecular complexity index is 956. The maximum Gasteiger partial charge on any atom is 0.338 e. The molecule has 1 fully saturated rings. The highest BCUT2D eigenvalue weighted by Gasteiger charge is 2.21. The van der Waals surface area contributed by atoms with Gasteiger partial charge in [0.15, 0.2) is 0 Å². The molecule has 28 heavy (non-hydrogen) atoms. The summed E-state index contributed by atoms with van der Waals surface area (Å²) in [6, 6.07) is 8.61. The smallest absolute Gasteiger partial charge is 0.338 e. The molecule has 1 aliphatic heterocycles. The van der Waals surface area contributed by atoms with Crippen molar-refractivity contribution in [2.75, 3.05) is 18.0 Å². The number of aromatic nitrogens is 3. The van der Waals surface area contributed by atoms with Crippen LogP contribution in [0.5, 0.6) is 0 Å². The summed E-state index contributed by atoms with van der Waals surface area (Å²) in [6.45, 7) is 1.87. The van der Waals surface area contributed by atoms with Gasteiger partial charge in [0, 0.05) is 49.6 Å². The first kappa shape index (κ1) is 18.5. The lowest BCUT2D eigenvalue weighted by Gasteiger charge is -2.32. The summed E-state index contributed by atoms with van der Waals surface area (Å²) in [4.78, 5) is 21.5. The minimum absolute atomic E-state index is 0.132. The van der Waals surface area contributed by atoms with E-state index in [0.29, 0.717) is 5.95 Å². The summed E-state index contributed by atoms with van der Waals surface area (Å²) in [5, 5.41) is 10.3. The molecule has 0 saturated carbocycles. The molecular weight excluding hydrogens is 352 g/mol. The van der Waals surface area contributed by atoms with Crippen molar-refractivity contribution in [3.05, 3.63) is 54.0 Å². The van der Waals surface area contributed by atoms with E-state index in [0.717, 1.165) is 38.3 Å². The molecule has 1 saturated heterocycles. The zero-order valence-electron chi connectivity index (χ0n) is 16.2. The van der Waals surface area contributed by atoms with Gasteiger partial charge in [0.2, 0.25) is 5.95 Å². The molecular formula is C22H26N4O2. The minimum Gasteiger partial charge on any atom is -0.478 e. The molecule has 0 unspecified atom stereocenters. The fourth-order valence-electron chi connectivity index (χ4n) is 4.22. The van der Waals surface area contributed by atoms with Crippen LogP contribution in [0.15, 0.2) is 42.9 Å². The molecule has 146 valence electrons. The molecule has 1 aliphatic rings. The van der Waals surface area contributed by atoms with Crippen molar-refractivity contribution in [2.24, 2.45) is 13.0 Å². The number of carbonyl (C=O) groups is 1. The number of carboxylic acid groups (broad SMARTS) is 1. The number of hydrogen-bond acceptors (Lipinski definition) is 4. The Kier molecular flexibility index (Phi) is 5.28. The van der Waals surface area contributed by atoms with Gasteiger partial charge in [0.05, 0.1) is 5.56 Å². The molecule has 0 aliphatic carbocycles. The Labute approximate surface area is 164 Å². The van der Waals surface area contributed by atoms with Gasteiger partial charge >= 0.3 is 5.97 Å². The van der Waals surface area contributed by atoms with Crippen LogP contribution in [0, 0.1) is 5.92 Å². The fraction of sp³-hybridized carbons (Fsp3) is 0.409. The van der Waals surface area contributed by atoms with Gasteiger partial charge in [0.1, 0.15) is 0 Å². The highest BCUT2D eigenvalue weighted by Crippen LogP contribution is 2.27. The van der Waals surface area contributed by atoms with Crippen molar-refractivity contribution in [3.8, 4) is 0 Å². The average Bonchev–Trinajstić information content (AvgIpc) is 3.05. The normalized spacial score (nSPS) is 15.2. The van der Waals surface area contributed by atoms with Crippen molar-refractivity contribution in [1.29, 1.82) is 0 Å². The molecule has 3 aromatic rings. The number of hydrogen-bond donors (Lipinski definition) is 1.